The van der Waals surface area contributed by atoms with Crippen LogP contribution in [-0.4, -0.2) is 37.1 Å². The van der Waals surface area contributed by atoms with Crippen molar-refractivity contribution in [2.75, 3.05) is 26.2 Å². The van der Waals surface area contributed by atoms with Crippen molar-refractivity contribution in [1.82, 2.24) is 10.2 Å². The Morgan fingerprint density at radius 1 is 1.13 bits per heavy atom. The van der Waals surface area contributed by atoms with Gasteiger partial charge in [-0.2, -0.15) is 0 Å². The van der Waals surface area contributed by atoms with Gasteiger partial charge < -0.3 is 5.32 Å². The van der Waals surface area contributed by atoms with Gasteiger partial charge in [0.1, 0.15) is 0 Å². The van der Waals surface area contributed by atoms with E-state index in [-0.39, 0.29) is 24.8 Å². The Labute approximate surface area is 107 Å². The molecule has 15 heavy (non-hydrogen) atoms. The maximum atomic E-state index is 3.49. The fourth-order valence-corrected chi connectivity index (χ4v) is 2.20. The highest BCUT2D eigenvalue weighted by atomic mass is 35.5. The van der Waals surface area contributed by atoms with Crippen LogP contribution in [-0.2, 0) is 0 Å². The zero-order chi connectivity index (χ0) is 9.52. The summed E-state index contributed by atoms with van der Waals surface area (Å²) in [6.45, 7) is 9.54. The van der Waals surface area contributed by atoms with Gasteiger partial charge in [0.15, 0.2) is 0 Å². The zero-order valence-corrected chi connectivity index (χ0v) is 11.6. The van der Waals surface area contributed by atoms with Crippen LogP contribution in [0.2, 0.25) is 0 Å². The summed E-state index contributed by atoms with van der Waals surface area (Å²) in [4.78, 5) is 2.66. The zero-order valence-electron chi connectivity index (χ0n) is 10.00. The maximum absolute atomic E-state index is 3.49. The molecule has 1 fully saturated rings. The van der Waals surface area contributed by atoms with Crippen molar-refractivity contribution >= 4 is 24.8 Å². The van der Waals surface area contributed by atoms with Crippen molar-refractivity contribution in [1.29, 1.82) is 0 Å². The van der Waals surface area contributed by atoms with E-state index in [1.165, 1.54) is 51.9 Å². The molecule has 0 radical (unpaired) electrons. The Hall–Kier alpha value is 0.500. The molecule has 1 rings (SSSR count). The smallest absolute Gasteiger partial charge is 0.0221 e. The summed E-state index contributed by atoms with van der Waals surface area (Å²) in [5.74, 6) is 0. The van der Waals surface area contributed by atoms with Crippen LogP contribution < -0.4 is 5.32 Å². The molecule has 4 heteroatoms. The second-order valence-corrected chi connectivity index (χ2v) is 4.04. The van der Waals surface area contributed by atoms with Gasteiger partial charge >= 0.3 is 0 Å². The van der Waals surface area contributed by atoms with Crippen molar-refractivity contribution in [2.24, 2.45) is 0 Å². The minimum Gasteiger partial charge on any atom is -0.315 e. The van der Waals surface area contributed by atoms with E-state index in [1.54, 1.807) is 0 Å². The van der Waals surface area contributed by atoms with E-state index in [1.807, 2.05) is 0 Å². The largest absolute Gasteiger partial charge is 0.315 e. The minimum atomic E-state index is 0. The summed E-state index contributed by atoms with van der Waals surface area (Å²) in [6, 6.07) is 0.814. The first-order chi connectivity index (χ1) is 6.38. The van der Waals surface area contributed by atoms with Gasteiger partial charge in [-0.05, 0) is 45.3 Å². The van der Waals surface area contributed by atoms with Crippen LogP contribution in [0.5, 0.6) is 0 Å². The average Bonchev–Trinajstić information content (AvgIpc) is 2.19. The van der Waals surface area contributed by atoms with Gasteiger partial charge in [0.05, 0.1) is 0 Å². The Bertz CT molecular complexity index is 122. The van der Waals surface area contributed by atoms with Gasteiger partial charge in [0, 0.05) is 12.6 Å². The summed E-state index contributed by atoms with van der Waals surface area (Å²) >= 11 is 0. The molecule has 0 aliphatic carbocycles. The Morgan fingerprint density at radius 2 is 1.73 bits per heavy atom. The van der Waals surface area contributed by atoms with Crippen molar-refractivity contribution in [3.63, 3.8) is 0 Å². The highest BCUT2D eigenvalue weighted by molar-refractivity contribution is 5.85. The quantitative estimate of drug-likeness (QED) is 0.814. The third kappa shape index (κ3) is 6.62. The predicted molar refractivity (Wildman–Crippen MR) is 72.5 cm³/mol. The molecule has 0 aromatic heterocycles. The highest BCUT2D eigenvalue weighted by Gasteiger charge is 2.18. The molecular formula is C11H26Cl2N2. The topological polar surface area (TPSA) is 15.3 Å². The van der Waals surface area contributed by atoms with Crippen molar-refractivity contribution in [2.45, 2.75) is 45.6 Å². The van der Waals surface area contributed by atoms with E-state index in [4.69, 9.17) is 0 Å². The molecule has 0 saturated carbocycles. The third-order valence-electron chi connectivity index (χ3n) is 2.81. The van der Waals surface area contributed by atoms with Crippen LogP contribution in [0.25, 0.3) is 0 Å². The lowest BCUT2D eigenvalue weighted by Gasteiger charge is -2.34. The minimum absolute atomic E-state index is 0. The number of nitrogens with zero attached hydrogens (tertiary/aromatic N) is 1. The summed E-state index contributed by atoms with van der Waals surface area (Å²) in [5.41, 5.74) is 0. The molecular weight excluding hydrogens is 231 g/mol. The highest BCUT2D eigenvalue weighted by Crippen LogP contribution is 2.11. The van der Waals surface area contributed by atoms with E-state index in [0.717, 1.165) is 6.04 Å². The third-order valence-corrected chi connectivity index (χ3v) is 2.81. The molecule has 0 spiro atoms. The van der Waals surface area contributed by atoms with E-state index < -0.39 is 0 Å². The summed E-state index contributed by atoms with van der Waals surface area (Å²) in [7, 11) is 0. The average molecular weight is 257 g/mol. The normalized spacial score (nSPS) is 20.6. The lowest BCUT2D eigenvalue weighted by molar-refractivity contribution is 0.166. The molecule has 0 aromatic carbocycles. The molecule has 0 bridgehead atoms. The molecule has 1 aliphatic rings. The molecule has 1 N–H and O–H groups in total. The summed E-state index contributed by atoms with van der Waals surface area (Å²) in [6.07, 6.45) is 5.33. The molecule has 1 aliphatic heterocycles. The SMILES string of the molecule is CCCN(CCC)C1CCCNC1.Cl.Cl. The molecule has 1 saturated heterocycles. The number of rotatable bonds is 5. The van der Waals surface area contributed by atoms with Gasteiger partial charge in [-0.3, -0.25) is 4.90 Å². The van der Waals surface area contributed by atoms with Gasteiger partial charge in [-0.15, -0.1) is 24.8 Å². The number of nitrogens with one attached hydrogen (secondary N) is 1. The maximum Gasteiger partial charge on any atom is 0.0221 e. The molecule has 1 heterocycles. The Balaban J connectivity index is 0. The fraction of sp³-hybridized carbons (Fsp3) is 1.00. The predicted octanol–water partition coefficient (Wildman–Crippen LogP) is 2.70. The Kier molecular flexibility index (Phi) is 13.1. The fourth-order valence-electron chi connectivity index (χ4n) is 2.20. The summed E-state index contributed by atoms with van der Waals surface area (Å²) in [5, 5.41) is 3.49. The second kappa shape index (κ2) is 11.0. The van der Waals surface area contributed by atoms with Crippen LogP contribution in [0.4, 0.5) is 0 Å². The van der Waals surface area contributed by atoms with E-state index in [2.05, 4.69) is 24.1 Å². The van der Waals surface area contributed by atoms with Crippen molar-refractivity contribution in [3.05, 3.63) is 0 Å². The summed E-state index contributed by atoms with van der Waals surface area (Å²) < 4.78 is 0. The van der Waals surface area contributed by atoms with Crippen LogP contribution in [0, 0.1) is 0 Å². The van der Waals surface area contributed by atoms with E-state index in [0.29, 0.717) is 0 Å². The van der Waals surface area contributed by atoms with Gasteiger partial charge in [-0.25, -0.2) is 0 Å². The monoisotopic (exact) mass is 256 g/mol. The number of hydrogen-bond acceptors (Lipinski definition) is 2. The van der Waals surface area contributed by atoms with Gasteiger partial charge in [0.2, 0.25) is 0 Å². The molecule has 1 unspecified atom stereocenters. The molecule has 94 valence electrons. The van der Waals surface area contributed by atoms with Crippen molar-refractivity contribution < 1.29 is 0 Å². The first kappa shape index (κ1) is 17.9. The number of piperidine rings is 1. The van der Waals surface area contributed by atoms with Crippen LogP contribution in [0.15, 0.2) is 0 Å². The molecule has 0 amide bonds. The Morgan fingerprint density at radius 3 is 2.13 bits per heavy atom. The molecule has 1 atom stereocenters. The van der Waals surface area contributed by atoms with Crippen molar-refractivity contribution in [3.8, 4) is 0 Å². The number of hydrogen-bond donors (Lipinski definition) is 1. The van der Waals surface area contributed by atoms with Crippen LogP contribution in [0.3, 0.4) is 0 Å². The molecule has 0 aromatic rings. The van der Waals surface area contributed by atoms with Crippen LogP contribution >= 0.6 is 24.8 Å². The van der Waals surface area contributed by atoms with E-state index in [9.17, 15) is 0 Å². The molecule has 2 nitrogen and oxygen atoms in total. The first-order valence-electron chi connectivity index (χ1n) is 5.83. The van der Waals surface area contributed by atoms with Gasteiger partial charge in [-0.1, -0.05) is 13.8 Å². The van der Waals surface area contributed by atoms with Gasteiger partial charge in [0.25, 0.3) is 0 Å². The van der Waals surface area contributed by atoms with E-state index >= 15 is 0 Å². The lowest BCUT2D eigenvalue weighted by atomic mass is 10.1. The first-order valence-corrected chi connectivity index (χ1v) is 5.83. The standard InChI is InChI=1S/C11H24N2.2ClH/c1-3-8-13(9-4-2)11-6-5-7-12-10-11;;/h11-12H,3-10H2,1-2H3;2*1H. The van der Waals surface area contributed by atoms with Crippen LogP contribution in [0.1, 0.15) is 39.5 Å². The second-order valence-electron chi connectivity index (χ2n) is 4.04. The lowest BCUT2D eigenvalue weighted by Crippen LogP contribution is -2.46. The number of halogens is 2.